The van der Waals surface area contributed by atoms with Crippen LogP contribution in [0.15, 0.2) is 47.5 Å². The van der Waals surface area contributed by atoms with Crippen LogP contribution in [0.1, 0.15) is 57.2 Å². The Balaban J connectivity index is 1.50. The zero-order valence-electron chi connectivity index (χ0n) is 19.6. The number of benzene rings is 2. The van der Waals surface area contributed by atoms with Crippen LogP contribution < -0.4 is 5.32 Å². The van der Waals surface area contributed by atoms with E-state index in [1.165, 1.54) is 12.1 Å². The lowest BCUT2D eigenvalue weighted by Crippen LogP contribution is -2.41. The smallest absolute Gasteiger partial charge is 0.410 e. The first kappa shape index (κ1) is 23.0. The second-order valence-corrected chi connectivity index (χ2v) is 9.78. The number of likely N-dealkylation sites (tertiary alicyclic amines) is 1. The van der Waals surface area contributed by atoms with Crippen LogP contribution in [0.2, 0.25) is 0 Å². The highest BCUT2D eigenvalue weighted by Gasteiger charge is 2.45. The van der Waals surface area contributed by atoms with Gasteiger partial charge >= 0.3 is 6.09 Å². The molecule has 1 saturated heterocycles. The van der Waals surface area contributed by atoms with Crippen LogP contribution in [0, 0.1) is 11.2 Å². The van der Waals surface area contributed by atoms with Crippen molar-refractivity contribution in [3.63, 3.8) is 0 Å². The summed E-state index contributed by atoms with van der Waals surface area (Å²) in [6.45, 7) is 8.84. The molecule has 0 saturated carbocycles. The number of hydrogen-bond acceptors (Lipinski definition) is 4. The third-order valence-corrected chi connectivity index (χ3v) is 6.31. The van der Waals surface area contributed by atoms with E-state index in [0.717, 1.165) is 22.4 Å². The second kappa shape index (κ2) is 8.61. The molecule has 0 aliphatic carbocycles. The van der Waals surface area contributed by atoms with Gasteiger partial charge in [-0.15, -0.1) is 0 Å². The predicted molar refractivity (Wildman–Crippen MR) is 126 cm³/mol. The summed E-state index contributed by atoms with van der Waals surface area (Å²) in [5.41, 5.74) is 3.07. The summed E-state index contributed by atoms with van der Waals surface area (Å²) in [7, 11) is 0. The molecule has 7 heteroatoms. The van der Waals surface area contributed by atoms with Gasteiger partial charge in [0.1, 0.15) is 11.4 Å². The van der Waals surface area contributed by atoms with E-state index in [-0.39, 0.29) is 17.8 Å². The van der Waals surface area contributed by atoms with Crippen molar-refractivity contribution in [1.82, 2.24) is 4.90 Å². The van der Waals surface area contributed by atoms with Crippen LogP contribution >= 0.6 is 0 Å². The number of halogens is 1. The van der Waals surface area contributed by atoms with E-state index in [2.05, 4.69) is 10.3 Å². The van der Waals surface area contributed by atoms with Crippen LogP contribution in [-0.4, -0.2) is 41.3 Å². The zero-order chi connectivity index (χ0) is 23.8. The van der Waals surface area contributed by atoms with Gasteiger partial charge in [0.2, 0.25) is 5.91 Å². The van der Waals surface area contributed by atoms with Gasteiger partial charge in [0.15, 0.2) is 0 Å². The number of rotatable bonds is 4. The highest BCUT2D eigenvalue weighted by atomic mass is 19.1. The molecule has 0 spiro atoms. The highest BCUT2D eigenvalue weighted by molar-refractivity contribution is 6.15. The molecule has 0 radical (unpaired) electrons. The van der Waals surface area contributed by atoms with E-state index in [1.54, 1.807) is 17.0 Å². The minimum atomic E-state index is -0.663. The molecular formula is C26H30FN3O3. The minimum Gasteiger partial charge on any atom is -0.444 e. The predicted octanol–water partition coefficient (Wildman–Crippen LogP) is 5.15. The summed E-state index contributed by atoms with van der Waals surface area (Å²) in [4.78, 5) is 32.1. The number of nitrogens with one attached hydrogen (secondary N) is 1. The van der Waals surface area contributed by atoms with Crippen molar-refractivity contribution in [3.05, 3.63) is 65.0 Å². The fourth-order valence-corrected chi connectivity index (χ4v) is 4.37. The first-order chi connectivity index (χ1) is 15.6. The summed E-state index contributed by atoms with van der Waals surface area (Å²) < 4.78 is 18.8. The van der Waals surface area contributed by atoms with E-state index < -0.39 is 11.0 Å². The number of carbonyl (C=O) groups is 2. The topological polar surface area (TPSA) is 71.0 Å². The molecule has 4 rings (SSSR count). The summed E-state index contributed by atoms with van der Waals surface area (Å²) in [6, 6.07) is 12.0. The van der Waals surface area contributed by atoms with Crippen LogP contribution in [-0.2, 0) is 16.1 Å². The molecule has 0 bridgehead atoms. The number of nitrogens with zero attached hydrogens (tertiary/aromatic N) is 2. The second-order valence-electron chi connectivity index (χ2n) is 9.78. The molecule has 6 nitrogen and oxygen atoms in total. The standard InChI is InChI=1S/C26H30FN3O3/c1-5-26(12-13-30(16-26)24(32)33-25(2,3)4)23(31)29-20-11-8-18-15-28-22(21(18)14-20)17-6-9-19(27)10-7-17/h6-11,14H,5,12-13,15-16H2,1-4H3,(H,29,31). The highest BCUT2D eigenvalue weighted by Crippen LogP contribution is 2.36. The molecule has 174 valence electrons. The average molecular weight is 452 g/mol. The van der Waals surface area contributed by atoms with Crippen molar-refractivity contribution in [1.29, 1.82) is 0 Å². The fourth-order valence-electron chi connectivity index (χ4n) is 4.37. The van der Waals surface area contributed by atoms with E-state index in [0.29, 0.717) is 38.2 Å². The van der Waals surface area contributed by atoms with Gasteiger partial charge in [-0.25, -0.2) is 9.18 Å². The molecule has 2 heterocycles. The summed E-state index contributed by atoms with van der Waals surface area (Å²) in [5.74, 6) is -0.394. The Kier molecular flexibility index (Phi) is 5.99. The van der Waals surface area contributed by atoms with Gasteiger partial charge in [0, 0.05) is 29.9 Å². The van der Waals surface area contributed by atoms with E-state index in [9.17, 15) is 14.0 Å². The SMILES string of the molecule is CCC1(C(=O)Nc2ccc3c(c2)C(c2ccc(F)cc2)=NC3)CCN(C(=O)OC(C)(C)C)C1. The van der Waals surface area contributed by atoms with Crippen molar-refractivity contribution >= 4 is 23.4 Å². The molecule has 1 unspecified atom stereocenters. The monoisotopic (exact) mass is 451 g/mol. The Hall–Kier alpha value is -3.22. The summed E-state index contributed by atoms with van der Waals surface area (Å²) >= 11 is 0. The third kappa shape index (κ3) is 4.77. The Morgan fingerprint density at radius 2 is 1.91 bits per heavy atom. The van der Waals surface area contributed by atoms with E-state index in [1.807, 2.05) is 45.9 Å². The van der Waals surface area contributed by atoms with Gasteiger partial charge in [-0.1, -0.05) is 13.0 Å². The van der Waals surface area contributed by atoms with Crippen molar-refractivity contribution in [3.8, 4) is 0 Å². The van der Waals surface area contributed by atoms with Gasteiger partial charge < -0.3 is 15.0 Å². The number of fused-ring (bicyclic) bond motifs is 1. The first-order valence-electron chi connectivity index (χ1n) is 11.3. The van der Waals surface area contributed by atoms with Crippen molar-refractivity contribution in [2.75, 3.05) is 18.4 Å². The zero-order valence-corrected chi connectivity index (χ0v) is 19.6. The third-order valence-electron chi connectivity index (χ3n) is 6.31. The number of ether oxygens (including phenoxy) is 1. The molecule has 0 aromatic heterocycles. The first-order valence-corrected chi connectivity index (χ1v) is 11.3. The van der Waals surface area contributed by atoms with Crippen LogP contribution in [0.5, 0.6) is 0 Å². The van der Waals surface area contributed by atoms with Gasteiger partial charge in [-0.2, -0.15) is 0 Å². The number of carbonyl (C=O) groups excluding carboxylic acids is 2. The number of anilines is 1. The van der Waals surface area contributed by atoms with Gasteiger partial charge in [-0.05, 0) is 75.6 Å². The van der Waals surface area contributed by atoms with Gasteiger partial charge in [0.25, 0.3) is 0 Å². The summed E-state index contributed by atoms with van der Waals surface area (Å²) in [6.07, 6.45) is 0.816. The van der Waals surface area contributed by atoms with E-state index in [4.69, 9.17) is 4.74 Å². The van der Waals surface area contributed by atoms with Crippen LogP contribution in [0.4, 0.5) is 14.9 Å². The van der Waals surface area contributed by atoms with Crippen molar-refractivity contribution in [2.24, 2.45) is 10.4 Å². The molecule has 2 amide bonds. The lowest BCUT2D eigenvalue weighted by atomic mass is 9.83. The van der Waals surface area contributed by atoms with Gasteiger partial charge in [-0.3, -0.25) is 9.79 Å². The van der Waals surface area contributed by atoms with Gasteiger partial charge in [0.05, 0.1) is 17.7 Å². The molecule has 33 heavy (non-hydrogen) atoms. The molecular weight excluding hydrogens is 421 g/mol. The maximum absolute atomic E-state index is 13.3. The Morgan fingerprint density at radius 3 is 2.58 bits per heavy atom. The van der Waals surface area contributed by atoms with Crippen molar-refractivity contribution in [2.45, 2.75) is 52.7 Å². The van der Waals surface area contributed by atoms with E-state index >= 15 is 0 Å². The Morgan fingerprint density at radius 1 is 1.18 bits per heavy atom. The molecule has 1 fully saturated rings. The maximum atomic E-state index is 13.3. The largest absolute Gasteiger partial charge is 0.444 e. The lowest BCUT2D eigenvalue weighted by molar-refractivity contribution is -0.125. The van der Waals surface area contributed by atoms with Crippen LogP contribution in [0.3, 0.4) is 0 Å². The van der Waals surface area contributed by atoms with Crippen LogP contribution in [0.25, 0.3) is 0 Å². The molecule has 1 atom stereocenters. The average Bonchev–Trinajstić information content (AvgIpc) is 3.38. The lowest BCUT2D eigenvalue weighted by Gasteiger charge is -2.28. The maximum Gasteiger partial charge on any atom is 0.410 e. The summed E-state index contributed by atoms with van der Waals surface area (Å²) in [5, 5.41) is 3.06. The molecule has 2 aliphatic heterocycles. The van der Waals surface area contributed by atoms with Crippen molar-refractivity contribution < 1.29 is 18.7 Å². The number of amides is 2. The quantitative estimate of drug-likeness (QED) is 0.699. The number of hydrogen-bond donors (Lipinski definition) is 1. The number of aliphatic imine (C=N–C) groups is 1. The molecule has 2 aromatic carbocycles. The molecule has 2 aliphatic rings. The fraction of sp³-hybridized carbons (Fsp3) is 0.423. The Bertz CT molecular complexity index is 1100. The molecule has 1 N–H and O–H groups in total. The minimum absolute atomic E-state index is 0.103. The Labute approximate surface area is 193 Å². The molecule has 2 aromatic rings. The normalized spacial score (nSPS) is 19.8.